The molecule has 28 heavy (non-hydrogen) atoms. The maximum atomic E-state index is 12.9. The van der Waals surface area contributed by atoms with Gasteiger partial charge in [0.2, 0.25) is 15.2 Å². The second kappa shape index (κ2) is 8.87. The minimum atomic E-state index is -3.63. The molecule has 2 aromatic rings. The van der Waals surface area contributed by atoms with Crippen LogP contribution in [-0.4, -0.2) is 72.2 Å². The Morgan fingerprint density at radius 3 is 2.61 bits per heavy atom. The average Bonchev–Trinajstić information content (AvgIpc) is 3.08. The van der Waals surface area contributed by atoms with Crippen molar-refractivity contribution < 1.29 is 13.2 Å². The van der Waals surface area contributed by atoms with Gasteiger partial charge in [0.05, 0.1) is 4.90 Å². The van der Waals surface area contributed by atoms with Gasteiger partial charge in [-0.3, -0.25) is 10.1 Å². The Kier molecular flexibility index (Phi) is 6.71. The summed E-state index contributed by atoms with van der Waals surface area (Å²) in [4.78, 5) is 14.8. The second-order valence-corrected chi connectivity index (χ2v) is 11.5. The van der Waals surface area contributed by atoms with Crippen LogP contribution in [0.2, 0.25) is 0 Å². The number of hydrogen-bond acceptors (Lipinski definition) is 8. The summed E-state index contributed by atoms with van der Waals surface area (Å²) >= 11 is 2.86. The van der Waals surface area contributed by atoms with E-state index in [1.165, 1.54) is 27.8 Å². The molecule has 1 fully saturated rings. The summed E-state index contributed by atoms with van der Waals surface area (Å²) in [5.74, 6) is -0.410. The predicted octanol–water partition coefficient (Wildman–Crippen LogP) is 2.23. The van der Waals surface area contributed by atoms with E-state index >= 15 is 0 Å². The fourth-order valence-electron chi connectivity index (χ4n) is 2.65. The molecule has 0 bridgehead atoms. The van der Waals surface area contributed by atoms with E-state index in [1.54, 1.807) is 23.9 Å². The van der Waals surface area contributed by atoms with Crippen LogP contribution in [0, 0.1) is 0 Å². The molecule has 0 unspecified atom stereocenters. The molecule has 1 aromatic carbocycles. The number of thioether (sulfide) groups is 1. The number of likely N-dealkylation sites (N-methyl/N-ethyl adjacent to an activating group) is 1. The number of nitrogens with one attached hydrogen (secondary N) is 1. The molecular weight excluding hydrogens is 418 g/mol. The van der Waals surface area contributed by atoms with Crippen molar-refractivity contribution in [3.05, 3.63) is 29.8 Å². The SMILES string of the molecule is CC(C)Sc1nnc(NC(=O)c2cccc(S(=O)(=O)N3CCN(C)CC3)c2)s1. The van der Waals surface area contributed by atoms with Gasteiger partial charge < -0.3 is 4.90 Å². The van der Waals surface area contributed by atoms with E-state index < -0.39 is 15.9 Å². The maximum absolute atomic E-state index is 12.9. The summed E-state index contributed by atoms with van der Waals surface area (Å²) in [6.45, 7) is 6.36. The van der Waals surface area contributed by atoms with E-state index in [1.807, 2.05) is 7.05 Å². The van der Waals surface area contributed by atoms with Crippen molar-refractivity contribution >= 4 is 44.2 Å². The van der Waals surface area contributed by atoms with Gasteiger partial charge in [0, 0.05) is 37.0 Å². The lowest BCUT2D eigenvalue weighted by Crippen LogP contribution is -2.47. The number of rotatable bonds is 6. The van der Waals surface area contributed by atoms with Crippen LogP contribution in [0.15, 0.2) is 33.5 Å². The summed E-state index contributed by atoms with van der Waals surface area (Å²) in [5.41, 5.74) is 0.267. The molecule has 0 radical (unpaired) electrons. The number of hydrogen-bond donors (Lipinski definition) is 1. The lowest BCUT2D eigenvalue weighted by atomic mass is 10.2. The van der Waals surface area contributed by atoms with Crippen LogP contribution < -0.4 is 5.32 Å². The number of aromatic nitrogens is 2. The lowest BCUT2D eigenvalue weighted by molar-refractivity contribution is 0.102. The zero-order valence-corrected chi connectivity index (χ0v) is 18.4. The Morgan fingerprint density at radius 1 is 1.21 bits per heavy atom. The molecule has 0 spiro atoms. The Morgan fingerprint density at radius 2 is 1.93 bits per heavy atom. The van der Waals surface area contributed by atoms with Gasteiger partial charge in [-0.25, -0.2) is 8.42 Å². The third-order valence-electron chi connectivity index (χ3n) is 4.16. The summed E-state index contributed by atoms with van der Waals surface area (Å²) in [5, 5.41) is 11.5. The number of sulfonamides is 1. The monoisotopic (exact) mass is 441 g/mol. The van der Waals surface area contributed by atoms with E-state index in [0.717, 1.165) is 4.34 Å². The summed E-state index contributed by atoms with van der Waals surface area (Å²) in [7, 11) is -1.66. The lowest BCUT2D eigenvalue weighted by Gasteiger charge is -2.31. The quantitative estimate of drug-likeness (QED) is 0.542. The van der Waals surface area contributed by atoms with Crippen LogP contribution >= 0.6 is 23.1 Å². The van der Waals surface area contributed by atoms with Crippen molar-refractivity contribution in [2.24, 2.45) is 0 Å². The number of piperazine rings is 1. The second-order valence-electron chi connectivity index (χ2n) is 6.73. The highest BCUT2D eigenvalue weighted by Gasteiger charge is 2.28. The van der Waals surface area contributed by atoms with Crippen molar-refractivity contribution in [1.29, 1.82) is 0 Å². The van der Waals surface area contributed by atoms with Crippen LogP contribution in [0.3, 0.4) is 0 Å². The molecule has 11 heteroatoms. The third-order valence-corrected chi connectivity index (χ3v) is 7.98. The highest BCUT2D eigenvalue weighted by Crippen LogP contribution is 2.28. The number of anilines is 1. The molecule has 3 rings (SSSR count). The maximum Gasteiger partial charge on any atom is 0.257 e. The highest BCUT2D eigenvalue weighted by atomic mass is 32.2. The largest absolute Gasteiger partial charge is 0.304 e. The highest BCUT2D eigenvalue weighted by molar-refractivity contribution is 8.01. The van der Waals surface area contributed by atoms with Gasteiger partial charge in [0.25, 0.3) is 5.91 Å². The fraction of sp³-hybridized carbons (Fsp3) is 0.471. The Labute approximate surface area is 173 Å². The minimum Gasteiger partial charge on any atom is -0.304 e. The first-order chi connectivity index (χ1) is 13.3. The van der Waals surface area contributed by atoms with Gasteiger partial charge in [-0.15, -0.1) is 10.2 Å². The average molecular weight is 442 g/mol. The molecule has 1 aromatic heterocycles. The molecule has 0 saturated carbocycles. The van der Waals surface area contributed by atoms with Crippen molar-refractivity contribution in [3.63, 3.8) is 0 Å². The standard InChI is InChI=1S/C17H23N5O3S3/c1-12(2)26-17-20-19-16(27-17)18-15(23)13-5-4-6-14(11-13)28(24,25)22-9-7-21(3)8-10-22/h4-6,11-12H,7-10H2,1-3H3,(H,18,19,23). The third kappa shape index (κ3) is 5.09. The van der Waals surface area contributed by atoms with Crippen LogP contribution in [0.25, 0.3) is 0 Å². The van der Waals surface area contributed by atoms with Gasteiger partial charge >= 0.3 is 0 Å². The van der Waals surface area contributed by atoms with Gasteiger partial charge in [-0.2, -0.15) is 4.31 Å². The molecule has 1 aliphatic rings. The summed E-state index contributed by atoms with van der Waals surface area (Å²) in [6.07, 6.45) is 0. The number of amides is 1. The molecule has 0 aliphatic carbocycles. The smallest absolute Gasteiger partial charge is 0.257 e. The van der Waals surface area contributed by atoms with Crippen molar-refractivity contribution in [3.8, 4) is 0 Å². The van der Waals surface area contributed by atoms with Crippen LogP contribution in [-0.2, 0) is 10.0 Å². The van der Waals surface area contributed by atoms with E-state index in [4.69, 9.17) is 0 Å². The number of carbonyl (C=O) groups excluding carboxylic acids is 1. The van der Waals surface area contributed by atoms with E-state index in [2.05, 4.69) is 34.3 Å². The minimum absolute atomic E-state index is 0.123. The molecular formula is C17H23N5O3S3. The molecule has 2 heterocycles. The van der Waals surface area contributed by atoms with Gasteiger partial charge in [0.15, 0.2) is 4.34 Å². The molecule has 8 nitrogen and oxygen atoms in total. The zero-order valence-electron chi connectivity index (χ0n) is 16.0. The number of nitrogens with zero attached hydrogens (tertiary/aromatic N) is 4. The molecule has 1 aliphatic heterocycles. The number of carbonyl (C=O) groups is 1. The Balaban J connectivity index is 1.73. The first-order valence-electron chi connectivity index (χ1n) is 8.86. The molecule has 1 saturated heterocycles. The predicted molar refractivity (Wildman–Crippen MR) is 112 cm³/mol. The van der Waals surface area contributed by atoms with E-state index in [0.29, 0.717) is 36.6 Å². The normalized spacial score (nSPS) is 16.4. The Hall–Kier alpha value is -1.53. The Bertz CT molecular complexity index is 937. The van der Waals surface area contributed by atoms with Gasteiger partial charge in [-0.1, -0.05) is 43.0 Å². The van der Waals surface area contributed by atoms with Crippen LogP contribution in [0.5, 0.6) is 0 Å². The van der Waals surface area contributed by atoms with Gasteiger partial charge in [-0.05, 0) is 25.2 Å². The zero-order chi connectivity index (χ0) is 20.3. The molecule has 1 amide bonds. The molecule has 152 valence electrons. The van der Waals surface area contributed by atoms with Crippen molar-refractivity contribution in [2.45, 2.75) is 28.3 Å². The number of benzene rings is 1. The first-order valence-corrected chi connectivity index (χ1v) is 12.0. The molecule has 0 atom stereocenters. The first kappa shape index (κ1) is 21.2. The fourth-order valence-corrected chi connectivity index (χ4v) is 6.09. The van der Waals surface area contributed by atoms with Crippen LogP contribution in [0.4, 0.5) is 5.13 Å². The topological polar surface area (TPSA) is 95.5 Å². The summed E-state index contributed by atoms with van der Waals surface area (Å²) in [6, 6.07) is 6.10. The van der Waals surface area contributed by atoms with Crippen molar-refractivity contribution in [2.75, 3.05) is 38.5 Å². The van der Waals surface area contributed by atoms with Gasteiger partial charge in [0.1, 0.15) is 0 Å². The van der Waals surface area contributed by atoms with E-state index in [-0.39, 0.29) is 10.5 Å². The van der Waals surface area contributed by atoms with Crippen LogP contribution in [0.1, 0.15) is 24.2 Å². The van der Waals surface area contributed by atoms with Crippen molar-refractivity contribution in [1.82, 2.24) is 19.4 Å². The molecule has 1 N–H and O–H groups in total. The van der Waals surface area contributed by atoms with E-state index in [9.17, 15) is 13.2 Å². The summed E-state index contributed by atoms with van der Waals surface area (Å²) < 4.78 is 28.0.